The monoisotopic (exact) mass is 323 g/mol. The molecule has 2 heterocycles. The van der Waals surface area contributed by atoms with Crippen LogP contribution < -0.4 is 5.73 Å². The smallest absolute Gasteiger partial charge is 0.259 e. The zero-order valence-corrected chi connectivity index (χ0v) is 12.7. The molecule has 0 unspecified atom stereocenters. The lowest BCUT2D eigenvalue weighted by molar-refractivity contribution is 0.0747. The molecule has 2 aromatic heterocycles. The number of halogens is 1. The molecule has 0 bridgehead atoms. The molecule has 0 fully saturated rings. The molecule has 0 aliphatic carbocycles. The molecule has 1 amide bonds. The molecule has 0 aliphatic rings. The minimum Gasteiger partial charge on any atom is -0.452 e. The SMILES string of the molecule is NC(=S)CCN(Cc1cccnc1)C(=O)c1ccoc1Cl. The molecule has 0 saturated heterocycles. The Bertz CT molecular complexity index is 630. The van der Waals surface area contributed by atoms with Crippen LogP contribution in [-0.4, -0.2) is 27.3 Å². The summed E-state index contributed by atoms with van der Waals surface area (Å²) in [7, 11) is 0. The Morgan fingerprint density at radius 3 is 2.86 bits per heavy atom. The summed E-state index contributed by atoms with van der Waals surface area (Å²) in [6.07, 6.45) is 5.21. The highest BCUT2D eigenvalue weighted by atomic mass is 35.5. The first-order chi connectivity index (χ1) is 10.1. The number of aromatic nitrogens is 1. The number of amides is 1. The Labute approximate surface area is 132 Å². The first-order valence-corrected chi connectivity index (χ1v) is 7.06. The summed E-state index contributed by atoms with van der Waals surface area (Å²) in [6.45, 7) is 0.807. The molecule has 110 valence electrons. The van der Waals surface area contributed by atoms with E-state index in [4.69, 9.17) is 34.0 Å². The normalized spacial score (nSPS) is 10.3. The Kier molecular flexibility index (Phi) is 5.30. The van der Waals surface area contributed by atoms with Gasteiger partial charge in [-0.3, -0.25) is 9.78 Å². The second kappa shape index (κ2) is 7.19. The van der Waals surface area contributed by atoms with Crippen LogP contribution in [0.15, 0.2) is 41.3 Å². The summed E-state index contributed by atoms with van der Waals surface area (Å²) >= 11 is 10.7. The standard InChI is InChI=1S/C14H14ClN3O2S/c15-13-11(4-7-20-13)14(19)18(6-3-12(16)21)9-10-2-1-5-17-8-10/h1-2,4-5,7-8H,3,6,9H2,(H2,16,21). The van der Waals surface area contributed by atoms with Crippen LogP contribution in [0.3, 0.4) is 0 Å². The molecule has 0 radical (unpaired) electrons. The fourth-order valence-electron chi connectivity index (χ4n) is 1.83. The molecule has 0 saturated carbocycles. The predicted octanol–water partition coefficient (Wildman–Crippen LogP) is 2.65. The van der Waals surface area contributed by atoms with Crippen LogP contribution in [0, 0.1) is 0 Å². The molecule has 2 aromatic rings. The van der Waals surface area contributed by atoms with Gasteiger partial charge in [-0.2, -0.15) is 0 Å². The average Bonchev–Trinajstić information content (AvgIpc) is 2.90. The van der Waals surface area contributed by atoms with Gasteiger partial charge in [0.25, 0.3) is 5.91 Å². The predicted molar refractivity (Wildman–Crippen MR) is 84.1 cm³/mol. The number of carbonyl (C=O) groups excluding carboxylic acids is 1. The highest BCUT2D eigenvalue weighted by Gasteiger charge is 2.20. The summed E-state index contributed by atoms with van der Waals surface area (Å²) in [5.74, 6) is -0.228. The number of hydrogen-bond acceptors (Lipinski definition) is 4. The van der Waals surface area contributed by atoms with Gasteiger partial charge in [0.05, 0.1) is 16.8 Å². The van der Waals surface area contributed by atoms with Gasteiger partial charge < -0.3 is 15.1 Å². The number of hydrogen-bond donors (Lipinski definition) is 1. The van der Waals surface area contributed by atoms with Gasteiger partial charge in [-0.05, 0) is 29.3 Å². The molecule has 0 atom stereocenters. The van der Waals surface area contributed by atoms with E-state index in [9.17, 15) is 4.79 Å². The quantitative estimate of drug-likeness (QED) is 0.827. The summed E-state index contributed by atoms with van der Waals surface area (Å²) in [5, 5.41) is 0.0755. The molecule has 0 aliphatic heterocycles. The molecule has 0 aromatic carbocycles. The highest BCUT2D eigenvalue weighted by Crippen LogP contribution is 2.20. The lowest BCUT2D eigenvalue weighted by Gasteiger charge is -2.22. The number of nitrogens with zero attached hydrogens (tertiary/aromatic N) is 2. The Morgan fingerprint density at radius 1 is 1.48 bits per heavy atom. The number of pyridine rings is 1. The van der Waals surface area contributed by atoms with Crippen LogP contribution in [0.5, 0.6) is 0 Å². The van der Waals surface area contributed by atoms with Crippen molar-refractivity contribution in [3.8, 4) is 0 Å². The van der Waals surface area contributed by atoms with Gasteiger partial charge in [0.15, 0.2) is 0 Å². The molecule has 5 nitrogen and oxygen atoms in total. The zero-order valence-electron chi connectivity index (χ0n) is 11.2. The second-order valence-corrected chi connectivity index (χ2v) is 5.28. The van der Waals surface area contributed by atoms with Gasteiger partial charge in [-0.25, -0.2) is 0 Å². The maximum absolute atomic E-state index is 12.5. The lowest BCUT2D eigenvalue weighted by Crippen LogP contribution is -2.33. The van der Waals surface area contributed by atoms with E-state index in [0.717, 1.165) is 5.56 Å². The van der Waals surface area contributed by atoms with Crippen LogP contribution in [0.4, 0.5) is 0 Å². The Balaban J connectivity index is 2.17. The van der Waals surface area contributed by atoms with Gasteiger partial charge in [0.1, 0.15) is 0 Å². The number of furan rings is 1. The van der Waals surface area contributed by atoms with Gasteiger partial charge in [-0.15, -0.1) is 0 Å². The van der Waals surface area contributed by atoms with Crippen molar-refractivity contribution < 1.29 is 9.21 Å². The van der Waals surface area contributed by atoms with Crippen LogP contribution in [-0.2, 0) is 6.54 Å². The van der Waals surface area contributed by atoms with Crippen LogP contribution >= 0.6 is 23.8 Å². The average molecular weight is 324 g/mol. The first kappa shape index (κ1) is 15.5. The van der Waals surface area contributed by atoms with Crippen molar-refractivity contribution in [3.05, 3.63) is 53.2 Å². The van der Waals surface area contributed by atoms with E-state index in [1.165, 1.54) is 6.26 Å². The first-order valence-electron chi connectivity index (χ1n) is 6.27. The van der Waals surface area contributed by atoms with Gasteiger partial charge in [0.2, 0.25) is 5.22 Å². The fourth-order valence-corrected chi connectivity index (χ4v) is 2.11. The maximum atomic E-state index is 12.5. The van der Waals surface area contributed by atoms with E-state index in [0.29, 0.717) is 30.1 Å². The number of carbonyl (C=O) groups is 1. The topological polar surface area (TPSA) is 72.4 Å². The molecule has 0 spiro atoms. The van der Waals surface area contributed by atoms with Crippen molar-refractivity contribution in [2.75, 3.05) is 6.54 Å². The van der Waals surface area contributed by atoms with E-state index in [2.05, 4.69) is 4.98 Å². The van der Waals surface area contributed by atoms with Crippen LogP contribution in [0.2, 0.25) is 5.22 Å². The minimum absolute atomic E-state index is 0.0755. The van der Waals surface area contributed by atoms with Crippen molar-refractivity contribution in [2.45, 2.75) is 13.0 Å². The van der Waals surface area contributed by atoms with E-state index >= 15 is 0 Å². The molecular formula is C14H14ClN3O2S. The largest absolute Gasteiger partial charge is 0.452 e. The third-order valence-corrected chi connectivity index (χ3v) is 3.36. The zero-order chi connectivity index (χ0) is 15.2. The minimum atomic E-state index is -0.228. The number of nitrogens with two attached hydrogens (primary N) is 1. The summed E-state index contributed by atoms with van der Waals surface area (Å²) < 4.78 is 4.97. The van der Waals surface area contributed by atoms with Crippen molar-refractivity contribution in [3.63, 3.8) is 0 Å². The van der Waals surface area contributed by atoms with Crippen molar-refractivity contribution in [1.29, 1.82) is 0 Å². The van der Waals surface area contributed by atoms with Gasteiger partial charge in [0, 0.05) is 31.9 Å². The number of thiocarbonyl (C=S) groups is 1. The summed E-state index contributed by atoms with van der Waals surface area (Å²) in [5.41, 5.74) is 6.75. The van der Waals surface area contributed by atoms with E-state index in [-0.39, 0.29) is 11.1 Å². The summed E-state index contributed by atoms with van der Waals surface area (Å²) in [4.78, 5) is 18.5. The van der Waals surface area contributed by atoms with Crippen molar-refractivity contribution >= 4 is 34.7 Å². The van der Waals surface area contributed by atoms with Gasteiger partial charge in [-0.1, -0.05) is 18.3 Å². The Hall–Kier alpha value is -1.92. The van der Waals surface area contributed by atoms with E-state index in [1.807, 2.05) is 12.1 Å². The van der Waals surface area contributed by atoms with E-state index < -0.39 is 0 Å². The molecule has 2 rings (SSSR count). The number of rotatable bonds is 6. The highest BCUT2D eigenvalue weighted by molar-refractivity contribution is 7.80. The van der Waals surface area contributed by atoms with E-state index in [1.54, 1.807) is 23.4 Å². The molecular weight excluding hydrogens is 310 g/mol. The van der Waals surface area contributed by atoms with Crippen molar-refractivity contribution in [2.24, 2.45) is 5.73 Å². The summed E-state index contributed by atoms with van der Waals surface area (Å²) in [6, 6.07) is 5.25. The molecule has 2 N–H and O–H groups in total. The second-order valence-electron chi connectivity index (χ2n) is 4.41. The third-order valence-electron chi connectivity index (χ3n) is 2.86. The van der Waals surface area contributed by atoms with Crippen LogP contribution in [0.1, 0.15) is 22.3 Å². The molecule has 21 heavy (non-hydrogen) atoms. The van der Waals surface area contributed by atoms with Gasteiger partial charge >= 0.3 is 0 Å². The fraction of sp³-hybridized carbons (Fsp3) is 0.214. The Morgan fingerprint density at radius 2 is 2.29 bits per heavy atom. The van der Waals surface area contributed by atoms with Crippen molar-refractivity contribution in [1.82, 2.24) is 9.88 Å². The lowest BCUT2D eigenvalue weighted by atomic mass is 10.2. The molecule has 7 heteroatoms. The third kappa shape index (κ3) is 4.27. The maximum Gasteiger partial charge on any atom is 0.259 e. The van der Waals surface area contributed by atoms with Crippen LogP contribution in [0.25, 0.3) is 0 Å².